The van der Waals surface area contributed by atoms with Gasteiger partial charge in [0.25, 0.3) is 0 Å². The van der Waals surface area contributed by atoms with E-state index in [1.165, 1.54) is 11.1 Å². The maximum Gasteiger partial charge on any atom is 0.191 e. The van der Waals surface area contributed by atoms with Crippen molar-refractivity contribution in [3.8, 4) is 0 Å². The van der Waals surface area contributed by atoms with Gasteiger partial charge in [0.05, 0.1) is 19.8 Å². The Balaban J connectivity index is 1.77. The number of nitrogens with zero attached hydrogens (tertiary/aromatic N) is 2. The molecule has 1 aliphatic rings. The highest BCUT2D eigenvalue weighted by molar-refractivity contribution is 5.79. The number of benzene rings is 1. The van der Waals surface area contributed by atoms with Crippen LogP contribution in [0, 0.1) is 5.92 Å². The summed E-state index contributed by atoms with van der Waals surface area (Å²) in [5.74, 6) is 1.45. The first kappa shape index (κ1) is 23.6. The van der Waals surface area contributed by atoms with Crippen LogP contribution in [0.1, 0.15) is 44.7 Å². The Morgan fingerprint density at radius 3 is 2.66 bits per heavy atom. The van der Waals surface area contributed by atoms with Crippen molar-refractivity contribution in [3.63, 3.8) is 0 Å². The van der Waals surface area contributed by atoms with Crippen LogP contribution in [0.2, 0.25) is 0 Å². The monoisotopic (exact) mass is 404 g/mol. The number of ether oxygens (including phenoxy) is 2. The second-order valence-corrected chi connectivity index (χ2v) is 7.51. The molecule has 6 heteroatoms. The van der Waals surface area contributed by atoms with Gasteiger partial charge < -0.3 is 20.1 Å². The molecule has 0 bridgehead atoms. The molecule has 0 radical (unpaired) electrons. The number of hydrogen-bond donors (Lipinski definition) is 2. The van der Waals surface area contributed by atoms with Crippen molar-refractivity contribution in [1.82, 2.24) is 15.5 Å². The molecular formula is C23H40N4O2. The molecule has 0 aromatic heterocycles. The van der Waals surface area contributed by atoms with Gasteiger partial charge in [0.15, 0.2) is 5.96 Å². The van der Waals surface area contributed by atoms with Gasteiger partial charge in [0.1, 0.15) is 0 Å². The third-order valence-corrected chi connectivity index (χ3v) is 5.29. The maximum atomic E-state index is 5.78. The third kappa shape index (κ3) is 9.15. The summed E-state index contributed by atoms with van der Waals surface area (Å²) in [6.45, 7) is 15.3. The van der Waals surface area contributed by atoms with Gasteiger partial charge in [-0.05, 0) is 44.0 Å². The molecule has 1 atom stereocenters. The Morgan fingerprint density at radius 2 is 1.97 bits per heavy atom. The van der Waals surface area contributed by atoms with Crippen molar-refractivity contribution in [2.45, 2.75) is 46.7 Å². The summed E-state index contributed by atoms with van der Waals surface area (Å²) < 4.78 is 11.2. The second-order valence-electron chi connectivity index (χ2n) is 7.51. The van der Waals surface area contributed by atoms with E-state index in [-0.39, 0.29) is 0 Å². The van der Waals surface area contributed by atoms with Gasteiger partial charge in [0.2, 0.25) is 0 Å². The largest absolute Gasteiger partial charge is 0.381 e. The molecule has 6 nitrogen and oxygen atoms in total. The molecule has 29 heavy (non-hydrogen) atoms. The summed E-state index contributed by atoms with van der Waals surface area (Å²) in [5.41, 5.74) is 2.65. The lowest BCUT2D eigenvalue weighted by atomic mass is 10.1. The average molecular weight is 405 g/mol. The van der Waals surface area contributed by atoms with Crippen LogP contribution in [-0.4, -0.2) is 63.5 Å². The second kappa shape index (κ2) is 14.4. The highest BCUT2D eigenvalue weighted by atomic mass is 16.5. The standard InChI is InChI=1S/C23H40N4O2/c1-4-24-23(25-13-9-14-28-18-20-12-15-29-19-20)26-16-21-10-7-8-11-22(21)17-27(5-2)6-3/h7-8,10-11,20H,4-6,9,12-19H2,1-3H3,(H2,24,25,26). The fourth-order valence-corrected chi connectivity index (χ4v) is 3.41. The van der Waals surface area contributed by atoms with Gasteiger partial charge in [-0.2, -0.15) is 0 Å². The van der Waals surface area contributed by atoms with Gasteiger partial charge in [-0.3, -0.25) is 4.90 Å². The summed E-state index contributed by atoms with van der Waals surface area (Å²) in [6, 6.07) is 8.62. The molecule has 2 N–H and O–H groups in total. The summed E-state index contributed by atoms with van der Waals surface area (Å²) in [4.78, 5) is 7.24. The zero-order valence-corrected chi connectivity index (χ0v) is 18.6. The van der Waals surface area contributed by atoms with Crippen LogP contribution in [0.15, 0.2) is 29.3 Å². The molecule has 0 spiro atoms. The number of hydrogen-bond acceptors (Lipinski definition) is 4. The van der Waals surface area contributed by atoms with E-state index in [9.17, 15) is 0 Å². The maximum absolute atomic E-state index is 5.78. The molecule has 0 saturated carbocycles. The zero-order chi connectivity index (χ0) is 20.7. The van der Waals surface area contributed by atoms with Crippen LogP contribution in [0.5, 0.6) is 0 Å². The van der Waals surface area contributed by atoms with E-state index >= 15 is 0 Å². The van der Waals surface area contributed by atoms with E-state index in [4.69, 9.17) is 14.5 Å². The minimum Gasteiger partial charge on any atom is -0.381 e. The van der Waals surface area contributed by atoms with Crippen molar-refractivity contribution in [1.29, 1.82) is 0 Å². The van der Waals surface area contributed by atoms with E-state index in [1.807, 2.05) is 0 Å². The van der Waals surface area contributed by atoms with Gasteiger partial charge in [-0.1, -0.05) is 38.1 Å². The highest BCUT2D eigenvalue weighted by Gasteiger charge is 2.15. The first-order valence-corrected chi connectivity index (χ1v) is 11.2. The van der Waals surface area contributed by atoms with Crippen LogP contribution < -0.4 is 10.6 Å². The fraction of sp³-hybridized carbons (Fsp3) is 0.696. The quantitative estimate of drug-likeness (QED) is 0.301. The summed E-state index contributed by atoms with van der Waals surface area (Å²) >= 11 is 0. The van der Waals surface area contributed by atoms with E-state index in [1.54, 1.807) is 0 Å². The third-order valence-electron chi connectivity index (χ3n) is 5.29. The molecule has 1 fully saturated rings. The molecule has 1 aliphatic heterocycles. The Kier molecular flexibility index (Phi) is 11.7. The molecule has 1 heterocycles. The van der Waals surface area contributed by atoms with Crippen LogP contribution in [0.3, 0.4) is 0 Å². The van der Waals surface area contributed by atoms with Crippen molar-refractivity contribution in [2.75, 3.05) is 52.6 Å². The van der Waals surface area contributed by atoms with Crippen molar-refractivity contribution >= 4 is 5.96 Å². The van der Waals surface area contributed by atoms with Crippen molar-refractivity contribution in [2.24, 2.45) is 10.9 Å². The van der Waals surface area contributed by atoms with Crippen LogP contribution in [0.25, 0.3) is 0 Å². The molecule has 1 saturated heterocycles. The Bertz CT molecular complexity index is 584. The van der Waals surface area contributed by atoms with E-state index in [0.717, 1.165) is 78.0 Å². The van der Waals surface area contributed by atoms with Crippen LogP contribution in [0.4, 0.5) is 0 Å². The molecule has 164 valence electrons. The normalized spacial score (nSPS) is 17.1. The minimum atomic E-state index is 0.582. The van der Waals surface area contributed by atoms with Gasteiger partial charge >= 0.3 is 0 Å². The number of aliphatic imine (C=N–C) groups is 1. The molecule has 0 aliphatic carbocycles. The summed E-state index contributed by atoms with van der Waals surface area (Å²) in [5, 5.41) is 6.77. The topological polar surface area (TPSA) is 58.1 Å². The fourth-order valence-electron chi connectivity index (χ4n) is 3.41. The first-order valence-electron chi connectivity index (χ1n) is 11.2. The molecular weight excluding hydrogens is 364 g/mol. The van der Waals surface area contributed by atoms with Gasteiger partial charge in [-0.15, -0.1) is 0 Å². The lowest BCUT2D eigenvalue weighted by Gasteiger charge is -2.20. The lowest BCUT2D eigenvalue weighted by molar-refractivity contribution is 0.0888. The van der Waals surface area contributed by atoms with Crippen LogP contribution in [-0.2, 0) is 22.6 Å². The predicted octanol–water partition coefficient (Wildman–Crippen LogP) is 3.03. The van der Waals surface area contributed by atoms with E-state index in [2.05, 4.69) is 60.6 Å². The predicted molar refractivity (Wildman–Crippen MR) is 120 cm³/mol. The summed E-state index contributed by atoms with van der Waals surface area (Å²) in [7, 11) is 0. The van der Waals surface area contributed by atoms with Crippen LogP contribution >= 0.6 is 0 Å². The molecule has 2 rings (SSSR count). The smallest absolute Gasteiger partial charge is 0.191 e. The number of guanidine groups is 1. The number of rotatable bonds is 13. The molecule has 1 unspecified atom stereocenters. The SMILES string of the molecule is CCNC(=NCc1ccccc1CN(CC)CC)NCCCOCC1CCOC1. The van der Waals surface area contributed by atoms with E-state index in [0.29, 0.717) is 12.5 Å². The Labute approximate surface area is 177 Å². The van der Waals surface area contributed by atoms with Crippen molar-refractivity contribution < 1.29 is 9.47 Å². The first-order chi connectivity index (χ1) is 14.3. The number of nitrogens with one attached hydrogen (secondary N) is 2. The minimum absolute atomic E-state index is 0.582. The Morgan fingerprint density at radius 1 is 1.17 bits per heavy atom. The molecule has 0 amide bonds. The van der Waals surface area contributed by atoms with Crippen molar-refractivity contribution in [3.05, 3.63) is 35.4 Å². The van der Waals surface area contributed by atoms with E-state index < -0.39 is 0 Å². The van der Waals surface area contributed by atoms with Gasteiger partial charge in [-0.25, -0.2) is 4.99 Å². The Hall–Kier alpha value is -1.63. The van der Waals surface area contributed by atoms with Gasteiger partial charge in [0, 0.05) is 38.8 Å². The molecule has 1 aromatic rings. The zero-order valence-electron chi connectivity index (χ0n) is 18.6. The summed E-state index contributed by atoms with van der Waals surface area (Å²) in [6.07, 6.45) is 2.10. The highest BCUT2D eigenvalue weighted by Crippen LogP contribution is 2.13. The average Bonchev–Trinajstić information content (AvgIpc) is 3.26. The lowest BCUT2D eigenvalue weighted by Crippen LogP contribution is -2.38. The molecule has 1 aromatic carbocycles.